The molecule has 1 N–H and O–H groups in total. The highest BCUT2D eigenvalue weighted by atomic mass is 35.5. The van der Waals surface area contributed by atoms with Crippen molar-refractivity contribution >= 4 is 11.6 Å². The van der Waals surface area contributed by atoms with Crippen LogP contribution in [0.4, 0.5) is 0 Å². The number of aromatic nitrogens is 3. The highest BCUT2D eigenvalue weighted by molar-refractivity contribution is 6.30. The molecular weight excluding hydrogens is 274 g/mol. The minimum atomic E-state index is 0.582. The summed E-state index contributed by atoms with van der Waals surface area (Å²) in [6.45, 7) is 0. The molecule has 0 radical (unpaired) electrons. The lowest BCUT2D eigenvalue weighted by Crippen LogP contribution is -1.88. The quantitative estimate of drug-likeness (QED) is 0.796. The van der Waals surface area contributed by atoms with E-state index in [9.17, 15) is 0 Å². The highest BCUT2D eigenvalue weighted by Gasteiger charge is 2.06. The lowest BCUT2D eigenvalue weighted by Gasteiger charge is -2.00. The number of aromatic amines is 1. The Hall–Kier alpha value is -2.33. The Bertz CT molecular complexity index is 705. The molecule has 2 heterocycles. The molecule has 0 spiro atoms. The third-order valence-electron chi connectivity index (χ3n) is 2.95. The Morgan fingerprint density at radius 3 is 2.35 bits per heavy atom. The number of hydrogen-bond donors (Lipinski definition) is 1. The van der Waals surface area contributed by atoms with E-state index in [1.54, 1.807) is 25.6 Å². The van der Waals surface area contributed by atoms with Crippen LogP contribution in [0.5, 0.6) is 5.88 Å². The van der Waals surface area contributed by atoms with E-state index in [-0.39, 0.29) is 0 Å². The Kier molecular flexibility index (Phi) is 3.39. The standard InChI is InChI=1S/C15H12ClN3O/c1-20-14-7-4-11(8-17-14)15-18-9-13(19-15)10-2-5-12(16)6-3-10/h2-9H,1H3,(H,18,19). The van der Waals surface area contributed by atoms with E-state index >= 15 is 0 Å². The van der Waals surface area contributed by atoms with Gasteiger partial charge in [0.15, 0.2) is 0 Å². The van der Waals surface area contributed by atoms with Crippen molar-refractivity contribution in [3.63, 3.8) is 0 Å². The van der Waals surface area contributed by atoms with Crippen molar-refractivity contribution < 1.29 is 4.74 Å². The van der Waals surface area contributed by atoms with Gasteiger partial charge in [0, 0.05) is 22.8 Å². The van der Waals surface area contributed by atoms with Crippen molar-refractivity contribution in [1.29, 1.82) is 0 Å². The van der Waals surface area contributed by atoms with Crippen LogP contribution in [0.15, 0.2) is 48.8 Å². The van der Waals surface area contributed by atoms with Gasteiger partial charge in [0.25, 0.3) is 0 Å². The first kappa shape index (κ1) is 12.7. The average molecular weight is 286 g/mol. The average Bonchev–Trinajstić information content (AvgIpc) is 2.98. The Morgan fingerprint density at radius 1 is 0.950 bits per heavy atom. The van der Waals surface area contributed by atoms with Gasteiger partial charge in [0.05, 0.1) is 19.0 Å². The number of methoxy groups -OCH3 is 1. The number of nitrogens with zero attached hydrogens (tertiary/aromatic N) is 2. The molecule has 5 heteroatoms. The van der Waals surface area contributed by atoms with Gasteiger partial charge in [-0.15, -0.1) is 0 Å². The summed E-state index contributed by atoms with van der Waals surface area (Å²) in [5.41, 5.74) is 2.88. The Labute approximate surface area is 121 Å². The van der Waals surface area contributed by atoms with Gasteiger partial charge in [0.1, 0.15) is 5.82 Å². The molecular formula is C15H12ClN3O. The summed E-state index contributed by atoms with van der Waals surface area (Å²) < 4.78 is 5.04. The van der Waals surface area contributed by atoms with Crippen LogP contribution in [0.2, 0.25) is 5.02 Å². The minimum absolute atomic E-state index is 0.582. The molecule has 3 rings (SSSR count). The maximum atomic E-state index is 5.88. The van der Waals surface area contributed by atoms with E-state index in [4.69, 9.17) is 16.3 Å². The van der Waals surface area contributed by atoms with Gasteiger partial charge in [-0.2, -0.15) is 0 Å². The number of benzene rings is 1. The number of nitrogens with one attached hydrogen (secondary N) is 1. The third-order valence-corrected chi connectivity index (χ3v) is 3.20. The second kappa shape index (κ2) is 5.35. The maximum absolute atomic E-state index is 5.88. The summed E-state index contributed by atoms with van der Waals surface area (Å²) in [5, 5.41) is 0.716. The van der Waals surface area contributed by atoms with Gasteiger partial charge < -0.3 is 9.72 Å². The van der Waals surface area contributed by atoms with Crippen LogP contribution < -0.4 is 4.74 Å². The summed E-state index contributed by atoms with van der Waals surface area (Å²) in [6.07, 6.45) is 3.52. The van der Waals surface area contributed by atoms with Crippen LogP contribution in [0.3, 0.4) is 0 Å². The Morgan fingerprint density at radius 2 is 1.70 bits per heavy atom. The van der Waals surface area contributed by atoms with Crippen LogP contribution in [0.25, 0.3) is 22.6 Å². The number of H-pyrrole nitrogens is 1. The molecule has 0 bridgehead atoms. The normalized spacial score (nSPS) is 10.5. The van der Waals surface area contributed by atoms with Crippen LogP contribution in [-0.4, -0.2) is 22.1 Å². The van der Waals surface area contributed by atoms with Gasteiger partial charge in [-0.3, -0.25) is 0 Å². The fraction of sp³-hybridized carbons (Fsp3) is 0.0667. The third kappa shape index (κ3) is 2.51. The molecule has 0 amide bonds. The summed E-state index contributed by atoms with van der Waals surface area (Å²) in [4.78, 5) is 11.8. The van der Waals surface area contributed by atoms with Crippen molar-refractivity contribution in [2.24, 2.45) is 0 Å². The number of pyridine rings is 1. The summed E-state index contributed by atoms with van der Waals surface area (Å²) in [6, 6.07) is 11.3. The number of rotatable bonds is 3. The minimum Gasteiger partial charge on any atom is -0.481 e. The van der Waals surface area contributed by atoms with E-state index in [2.05, 4.69) is 15.0 Å². The molecule has 0 atom stereocenters. The molecule has 20 heavy (non-hydrogen) atoms. The molecule has 0 fully saturated rings. The van der Waals surface area contributed by atoms with E-state index in [1.807, 2.05) is 30.3 Å². The van der Waals surface area contributed by atoms with Crippen molar-refractivity contribution in [3.05, 3.63) is 53.8 Å². The number of hydrogen-bond acceptors (Lipinski definition) is 3. The summed E-state index contributed by atoms with van der Waals surface area (Å²) in [5.74, 6) is 1.35. The van der Waals surface area contributed by atoms with Gasteiger partial charge in [-0.05, 0) is 23.8 Å². The molecule has 2 aromatic heterocycles. The first-order valence-corrected chi connectivity index (χ1v) is 6.45. The van der Waals surface area contributed by atoms with Crippen LogP contribution in [0.1, 0.15) is 0 Å². The molecule has 100 valence electrons. The molecule has 0 aliphatic heterocycles. The highest BCUT2D eigenvalue weighted by Crippen LogP contribution is 2.23. The largest absolute Gasteiger partial charge is 0.481 e. The number of halogens is 1. The molecule has 0 aliphatic carbocycles. The first-order chi connectivity index (χ1) is 9.76. The number of imidazole rings is 1. The van der Waals surface area contributed by atoms with Gasteiger partial charge in [0.2, 0.25) is 5.88 Å². The molecule has 0 aliphatic rings. The Balaban J connectivity index is 1.91. The molecule has 1 aromatic carbocycles. The molecule has 4 nitrogen and oxygen atoms in total. The van der Waals surface area contributed by atoms with E-state index in [0.717, 1.165) is 22.6 Å². The van der Waals surface area contributed by atoms with Crippen molar-refractivity contribution in [3.8, 4) is 28.5 Å². The first-order valence-electron chi connectivity index (χ1n) is 6.07. The second-order valence-electron chi connectivity index (χ2n) is 4.24. The summed E-state index contributed by atoms with van der Waals surface area (Å²) in [7, 11) is 1.59. The molecule has 0 saturated carbocycles. The topological polar surface area (TPSA) is 50.8 Å². The van der Waals surface area contributed by atoms with Gasteiger partial charge >= 0.3 is 0 Å². The number of ether oxygens (including phenoxy) is 1. The van der Waals surface area contributed by atoms with E-state index < -0.39 is 0 Å². The SMILES string of the molecule is COc1ccc(-c2ncc(-c3ccc(Cl)cc3)[nH]2)cn1. The van der Waals surface area contributed by atoms with Crippen LogP contribution in [0, 0.1) is 0 Å². The lowest BCUT2D eigenvalue weighted by molar-refractivity contribution is 0.398. The second-order valence-corrected chi connectivity index (χ2v) is 4.68. The fourth-order valence-corrected chi connectivity index (χ4v) is 2.01. The zero-order chi connectivity index (χ0) is 13.9. The molecule has 0 saturated heterocycles. The van der Waals surface area contributed by atoms with Crippen molar-refractivity contribution in [2.45, 2.75) is 0 Å². The van der Waals surface area contributed by atoms with Crippen LogP contribution in [-0.2, 0) is 0 Å². The predicted molar refractivity (Wildman–Crippen MR) is 78.8 cm³/mol. The fourth-order valence-electron chi connectivity index (χ4n) is 1.89. The van der Waals surface area contributed by atoms with Crippen molar-refractivity contribution in [2.75, 3.05) is 7.11 Å². The van der Waals surface area contributed by atoms with Gasteiger partial charge in [-0.25, -0.2) is 9.97 Å². The van der Waals surface area contributed by atoms with E-state index in [0.29, 0.717) is 10.9 Å². The molecule has 3 aromatic rings. The zero-order valence-corrected chi connectivity index (χ0v) is 11.6. The van der Waals surface area contributed by atoms with E-state index in [1.165, 1.54) is 0 Å². The summed E-state index contributed by atoms with van der Waals surface area (Å²) >= 11 is 5.88. The van der Waals surface area contributed by atoms with Crippen LogP contribution >= 0.6 is 11.6 Å². The predicted octanol–water partition coefficient (Wildman–Crippen LogP) is 3.80. The van der Waals surface area contributed by atoms with Crippen molar-refractivity contribution in [1.82, 2.24) is 15.0 Å². The molecule has 0 unspecified atom stereocenters. The maximum Gasteiger partial charge on any atom is 0.212 e. The smallest absolute Gasteiger partial charge is 0.212 e. The van der Waals surface area contributed by atoms with Gasteiger partial charge in [-0.1, -0.05) is 23.7 Å². The lowest BCUT2D eigenvalue weighted by atomic mass is 10.2. The monoisotopic (exact) mass is 285 g/mol. The zero-order valence-electron chi connectivity index (χ0n) is 10.8.